The normalized spacial score (nSPS) is 19.5. The molecule has 0 spiro atoms. The monoisotopic (exact) mass is 464 g/mol. The number of likely N-dealkylation sites (tertiary alicyclic amines) is 1. The van der Waals surface area contributed by atoms with E-state index in [1.165, 1.54) is 6.07 Å². The van der Waals surface area contributed by atoms with Crippen molar-refractivity contribution in [2.45, 2.75) is 30.7 Å². The fraction of sp³-hybridized carbons (Fsp3) is 0.312. The molecule has 10 nitrogen and oxygen atoms in total. The van der Waals surface area contributed by atoms with Crippen molar-refractivity contribution in [3.05, 3.63) is 27.9 Å². The molecule has 4 atom stereocenters. The maximum absolute atomic E-state index is 12.0. The van der Waals surface area contributed by atoms with E-state index in [4.69, 9.17) is 27.7 Å². The zero-order valence-corrected chi connectivity index (χ0v) is 16.9. The van der Waals surface area contributed by atoms with Crippen molar-refractivity contribution in [3.63, 3.8) is 0 Å². The van der Waals surface area contributed by atoms with Gasteiger partial charge in [-0.25, -0.2) is 9.00 Å². The molecule has 1 aliphatic heterocycles. The summed E-state index contributed by atoms with van der Waals surface area (Å²) in [4.78, 5) is 24.7. The van der Waals surface area contributed by atoms with Crippen LogP contribution in [0.1, 0.15) is 24.3 Å². The summed E-state index contributed by atoms with van der Waals surface area (Å²) in [6.45, 7) is 1.61. The summed E-state index contributed by atoms with van der Waals surface area (Å²) in [5.74, 6) is -3.42. The summed E-state index contributed by atoms with van der Waals surface area (Å²) in [7, 11) is 0. The van der Waals surface area contributed by atoms with Gasteiger partial charge in [0.25, 0.3) is 0 Å². The minimum atomic E-state index is -2.73. The number of β-lactam (4-membered cyclic amide) rings is 1. The number of amides is 1. The van der Waals surface area contributed by atoms with E-state index >= 15 is 0 Å². The second kappa shape index (κ2) is 7.82. The number of hydrogen-bond donors (Lipinski definition) is 4. The molecule has 4 N–H and O–H groups in total. The summed E-state index contributed by atoms with van der Waals surface area (Å²) >= 11 is 9.06. The molecule has 0 bridgehead atoms. The van der Waals surface area contributed by atoms with Crippen molar-refractivity contribution in [1.29, 1.82) is 0 Å². The van der Waals surface area contributed by atoms with Gasteiger partial charge in [0.05, 0.1) is 10.0 Å². The molecule has 0 saturated carbocycles. The van der Waals surface area contributed by atoms with Crippen LogP contribution < -0.4 is 0 Å². The summed E-state index contributed by atoms with van der Waals surface area (Å²) in [6, 6.07) is 0.243. The molecular formula is C16H14Cl2N2O8S. The highest BCUT2D eigenvalue weighted by Gasteiger charge is 2.48. The number of phenolic OH excluding ortho intramolecular Hbond substituents is 2. The van der Waals surface area contributed by atoms with Gasteiger partial charge < -0.3 is 29.3 Å². The van der Waals surface area contributed by atoms with Gasteiger partial charge in [-0.05, 0) is 13.0 Å². The van der Waals surface area contributed by atoms with Gasteiger partial charge in [0.15, 0.2) is 34.4 Å². The van der Waals surface area contributed by atoms with Crippen molar-refractivity contribution in [3.8, 4) is 22.8 Å². The van der Waals surface area contributed by atoms with Gasteiger partial charge in [-0.3, -0.25) is 4.79 Å². The minimum absolute atomic E-state index is 0.00783. The number of benzene rings is 1. The summed E-state index contributed by atoms with van der Waals surface area (Å²) in [5.41, 5.74) is -0.214. The minimum Gasteiger partial charge on any atom is -0.503 e. The smallest absolute Gasteiger partial charge is 0.328 e. The van der Waals surface area contributed by atoms with E-state index in [1.54, 1.807) is 6.92 Å². The molecular weight excluding hydrogens is 451 g/mol. The molecule has 0 aliphatic carbocycles. The van der Waals surface area contributed by atoms with Gasteiger partial charge in [0.1, 0.15) is 10.9 Å². The van der Waals surface area contributed by atoms with Crippen LogP contribution in [0.2, 0.25) is 10.0 Å². The quantitative estimate of drug-likeness (QED) is 0.285. The number of phenols is 2. The molecule has 2 heterocycles. The Labute approximate surface area is 175 Å². The van der Waals surface area contributed by atoms with Crippen LogP contribution in [-0.4, -0.2) is 58.1 Å². The number of aliphatic carboxylic acids is 1. The van der Waals surface area contributed by atoms with Crippen LogP contribution in [-0.2, 0) is 20.7 Å². The molecule has 1 unspecified atom stereocenters. The Morgan fingerprint density at radius 2 is 2.00 bits per heavy atom. The van der Waals surface area contributed by atoms with E-state index < -0.39 is 51.8 Å². The molecule has 156 valence electrons. The highest BCUT2D eigenvalue weighted by molar-refractivity contribution is 7.79. The molecule has 1 aliphatic rings. The Balaban J connectivity index is 2.06. The van der Waals surface area contributed by atoms with Crippen LogP contribution in [0.15, 0.2) is 16.7 Å². The topological polar surface area (TPSA) is 161 Å². The van der Waals surface area contributed by atoms with E-state index in [-0.39, 0.29) is 33.5 Å². The molecule has 29 heavy (non-hydrogen) atoms. The number of aromatic hydroxyl groups is 2. The van der Waals surface area contributed by atoms with Gasteiger partial charge in [-0.1, -0.05) is 28.4 Å². The number of rotatable bonds is 6. The Hall–Kier alpha value is -2.34. The molecule has 2 aromatic rings. The number of aromatic nitrogens is 1. The Morgan fingerprint density at radius 1 is 1.34 bits per heavy atom. The van der Waals surface area contributed by atoms with E-state index in [0.717, 1.165) is 11.0 Å². The summed E-state index contributed by atoms with van der Waals surface area (Å²) in [6.07, 6.45) is 0.125. The zero-order valence-electron chi connectivity index (χ0n) is 14.6. The maximum atomic E-state index is 12.0. The largest absolute Gasteiger partial charge is 0.503 e. The van der Waals surface area contributed by atoms with Crippen LogP contribution in [0, 0.1) is 0 Å². The second-order valence-electron chi connectivity index (χ2n) is 6.37. The first-order valence-corrected chi connectivity index (χ1v) is 9.97. The predicted molar refractivity (Wildman–Crippen MR) is 101 cm³/mol. The number of carbonyl (C=O) groups excluding carboxylic acids is 1. The van der Waals surface area contributed by atoms with Crippen LogP contribution in [0.25, 0.3) is 11.3 Å². The lowest BCUT2D eigenvalue weighted by molar-refractivity contribution is -0.161. The SMILES string of the molecule is C[C@@H]1CC(=O)N1[C@@H](C(=O)O)[C@H](c1cc(-c2cc(Cl)c(O)c(O)c2Cl)on1)S(=O)O. The van der Waals surface area contributed by atoms with Crippen molar-refractivity contribution >= 4 is 46.2 Å². The van der Waals surface area contributed by atoms with Crippen molar-refractivity contribution in [1.82, 2.24) is 10.1 Å². The third kappa shape index (κ3) is 3.66. The lowest BCUT2D eigenvalue weighted by Crippen LogP contribution is -2.60. The fourth-order valence-electron chi connectivity index (χ4n) is 3.12. The standard InChI is InChI=1S/C16H14Cl2N2O8S/c1-5-2-10(21)20(5)12(16(24)25)15(29(26)27)8-4-9(28-19-8)6-3-7(17)13(22)14(23)11(6)18/h3-5,12,15,22-23H,2H2,1H3,(H,24,25)(H,26,27)/t5-,12-,15+/m1/s1. The Bertz CT molecular complexity index is 1030. The zero-order chi connectivity index (χ0) is 21.6. The summed E-state index contributed by atoms with van der Waals surface area (Å²) in [5, 5.41) is 30.5. The Kier molecular flexibility index (Phi) is 5.77. The van der Waals surface area contributed by atoms with Crippen LogP contribution in [0.5, 0.6) is 11.5 Å². The van der Waals surface area contributed by atoms with Crippen molar-refractivity contribution < 1.29 is 38.2 Å². The highest BCUT2D eigenvalue weighted by atomic mass is 35.5. The van der Waals surface area contributed by atoms with Gasteiger partial charge in [-0.2, -0.15) is 0 Å². The molecule has 1 fully saturated rings. The number of carboxylic acids is 1. The molecule has 1 aromatic carbocycles. The summed E-state index contributed by atoms with van der Waals surface area (Å²) < 4.78 is 26.8. The Morgan fingerprint density at radius 3 is 2.52 bits per heavy atom. The molecule has 13 heteroatoms. The van der Waals surface area contributed by atoms with Crippen molar-refractivity contribution in [2.24, 2.45) is 0 Å². The van der Waals surface area contributed by atoms with Crippen LogP contribution in [0.3, 0.4) is 0 Å². The third-order valence-corrected chi connectivity index (χ3v) is 6.15. The lowest BCUT2D eigenvalue weighted by atomic mass is 9.97. The van der Waals surface area contributed by atoms with Gasteiger partial charge in [0, 0.05) is 24.1 Å². The number of nitrogens with zero attached hydrogens (tertiary/aromatic N) is 2. The first kappa shape index (κ1) is 21.4. The number of halogens is 2. The number of carbonyl (C=O) groups is 2. The number of carboxylic acid groups (broad SMARTS) is 1. The predicted octanol–water partition coefficient (Wildman–Crippen LogP) is 2.40. The van der Waals surface area contributed by atoms with E-state index in [2.05, 4.69) is 5.16 Å². The van der Waals surface area contributed by atoms with Gasteiger partial charge >= 0.3 is 5.97 Å². The molecule has 1 aromatic heterocycles. The number of hydrogen-bond acceptors (Lipinski definition) is 7. The first-order valence-electron chi connectivity index (χ1n) is 8.05. The average Bonchev–Trinajstić information content (AvgIpc) is 3.11. The molecule has 3 rings (SSSR count). The van der Waals surface area contributed by atoms with Crippen LogP contribution in [0.4, 0.5) is 0 Å². The van der Waals surface area contributed by atoms with Gasteiger partial charge in [0.2, 0.25) is 5.91 Å². The second-order valence-corrected chi connectivity index (χ2v) is 8.21. The molecule has 1 amide bonds. The van der Waals surface area contributed by atoms with Gasteiger partial charge in [-0.15, -0.1) is 0 Å². The van der Waals surface area contributed by atoms with E-state index in [0.29, 0.717) is 0 Å². The highest BCUT2D eigenvalue weighted by Crippen LogP contribution is 2.45. The van der Waals surface area contributed by atoms with Crippen LogP contribution >= 0.6 is 23.2 Å². The fourth-order valence-corrected chi connectivity index (χ4v) is 4.34. The maximum Gasteiger partial charge on any atom is 0.328 e. The third-order valence-electron chi connectivity index (χ3n) is 4.54. The van der Waals surface area contributed by atoms with E-state index in [1.807, 2.05) is 0 Å². The average molecular weight is 465 g/mol. The lowest BCUT2D eigenvalue weighted by Gasteiger charge is -2.43. The van der Waals surface area contributed by atoms with E-state index in [9.17, 15) is 33.7 Å². The van der Waals surface area contributed by atoms with Crippen molar-refractivity contribution in [2.75, 3.05) is 0 Å². The first-order chi connectivity index (χ1) is 13.5. The molecule has 0 radical (unpaired) electrons. The molecule has 1 saturated heterocycles.